The fraction of sp³-hybridized carbons (Fsp3) is 0.375. The number of rotatable bonds is 4. The molecule has 1 saturated heterocycles. The van der Waals surface area contributed by atoms with Crippen molar-refractivity contribution in [3.63, 3.8) is 0 Å². The lowest BCUT2D eigenvalue weighted by Crippen LogP contribution is -2.46. The second-order valence-corrected chi connectivity index (χ2v) is 6.23. The Labute approximate surface area is 146 Å². The molecule has 0 aliphatic carbocycles. The van der Waals surface area contributed by atoms with Gasteiger partial charge in [-0.05, 0) is 30.8 Å². The molecular formula is C16H19Cl2N5. The van der Waals surface area contributed by atoms with Crippen molar-refractivity contribution in [2.45, 2.75) is 6.92 Å². The minimum atomic E-state index is 0.515. The van der Waals surface area contributed by atoms with Gasteiger partial charge in [-0.25, -0.2) is 4.98 Å². The summed E-state index contributed by atoms with van der Waals surface area (Å²) < 4.78 is 0. The molecule has 5 nitrogen and oxygen atoms in total. The third kappa shape index (κ3) is 4.05. The maximum Gasteiger partial charge on any atom is 0.227 e. The van der Waals surface area contributed by atoms with E-state index in [0.29, 0.717) is 10.0 Å². The molecule has 2 aromatic rings. The van der Waals surface area contributed by atoms with Crippen LogP contribution < -0.4 is 10.2 Å². The van der Waals surface area contributed by atoms with Crippen molar-refractivity contribution >= 4 is 40.7 Å². The van der Waals surface area contributed by atoms with Crippen LogP contribution in [0.2, 0.25) is 10.0 Å². The highest BCUT2D eigenvalue weighted by atomic mass is 35.5. The monoisotopic (exact) mass is 351 g/mol. The molecule has 1 fully saturated rings. The summed E-state index contributed by atoms with van der Waals surface area (Å²) >= 11 is 12.0. The van der Waals surface area contributed by atoms with Crippen molar-refractivity contribution in [3.05, 3.63) is 40.5 Å². The number of benzene rings is 1. The molecule has 1 N–H and O–H groups in total. The van der Waals surface area contributed by atoms with Gasteiger partial charge in [-0.3, -0.25) is 0 Å². The first-order valence-electron chi connectivity index (χ1n) is 7.68. The van der Waals surface area contributed by atoms with Crippen LogP contribution in [-0.2, 0) is 0 Å². The summed E-state index contributed by atoms with van der Waals surface area (Å²) in [4.78, 5) is 13.6. The van der Waals surface area contributed by atoms with Crippen LogP contribution in [0.4, 0.5) is 17.5 Å². The van der Waals surface area contributed by atoms with Gasteiger partial charge in [-0.2, -0.15) is 4.98 Å². The number of nitrogens with one attached hydrogen (secondary N) is 1. The molecule has 1 aromatic carbocycles. The van der Waals surface area contributed by atoms with Crippen molar-refractivity contribution < 1.29 is 0 Å². The smallest absolute Gasteiger partial charge is 0.227 e. The normalized spacial score (nSPS) is 15.7. The van der Waals surface area contributed by atoms with Crippen LogP contribution in [0, 0.1) is 0 Å². The Balaban J connectivity index is 1.71. The summed E-state index contributed by atoms with van der Waals surface area (Å²) in [7, 11) is 0. The first-order valence-corrected chi connectivity index (χ1v) is 8.43. The van der Waals surface area contributed by atoms with E-state index in [-0.39, 0.29) is 0 Å². The number of piperazine rings is 1. The Morgan fingerprint density at radius 3 is 2.57 bits per heavy atom. The van der Waals surface area contributed by atoms with E-state index >= 15 is 0 Å². The van der Waals surface area contributed by atoms with Crippen molar-refractivity contribution in [2.75, 3.05) is 42.9 Å². The molecule has 3 rings (SSSR count). The summed E-state index contributed by atoms with van der Waals surface area (Å²) in [6.07, 6.45) is 1.77. The van der Waals surface area contributed by atoms with Crippen LogP contribution in [0.5, 0.6) is 0 Å². The molecular weight excluding hydrogens is 333 g/mol. The topological polar surface area (TPSA) is 44.3 Å². The van der Waals surface area contributed by atoms with E-state index in [0.717, 1.165) is 50.2 Å². The second-order valence-electron chi connectivity index (χ2n) is 5.42. The summed E-state index contributed by atoms with van der Waals surface area (Å²) in [6, 6.07) is 7.26. The van der Waals surface area contributed by atoms with Crippen LogP contribution in [0.15, 0.2) is 30.5 Å². The van der Waals surface area contributed by atoms with E-state index in [1.54, 1.807) is 18.3 Å². The number of aromatic nitrogens is 2. The Kier molecular flexibility index (Phi) is 5.20. The maximum absolute atomic E-state index is 6.04. The van der Waals surface area contributed by atoms with Crippen LogP contribution in [0.1, 0.15) is 6.92 Å². The molecule has 7 heteroatoms. The van der Waals surface area contributed by atoms with Gasteiger partial charge in [0.15, 0.2) is 0 Å². The number of anilines is 3. The lowest BCUT2D eigenvalue weighted by Gasteiger charge is -2.34. The zero-order valence-corrected chi connectivity index (χ0v) is 14.5. The van der Waals surface area contributed by atoms with Gasteiger partial charge in [0.05, 0.1) is 10.0 Å². The molecule has 0 spiro atoms. The molecule has 0 saturated carbocycles. The largest absolute Gasteiger partial charge is 0.340 e. The van der Waals surface area contributed by atoms with Crippen molar-refractivity contribution in [1.29, 1.82) is 0 Å². The highest BCUT2D eigenvalue weighted by Gasteiger charge is 2.17. The molecule has 0 atom stereocenters. The minimum absolute atomic E-state index is 0.515. The lowest BCUT2D eigenvalue weighted by molar-refractivity contribution is 0.270. The van der Waals surface area contributed by atoms with Crippen LogP contribution >= 0.6 is 23.2 Å². The predicted octanol–water partition coefficient (Wildman–Crippen LogP) is 3.67. The molecule has 1 aliphatic rings. The average Bonchev–Trinajstić information content (AvgIpc) is 2.58. The van der Waals surface area contributed by atoms with Gasteiger partial charge in [0.2, 0.25) is 5.95 Å². The SMILES string of the molecule is CCN1CCN(c2nccc(Nc3ccc(Cl)c(Cl)c3)n2)CC1. The van der Waals surface area contributed by atoms with E-state index in [2.05, 4.69) is 32.0 Å². The first kappa shape index (κ1) is 16.3. The van der Waals surface area contributed by atoms with Gasteiger partial charge < -0.3 is 15.1 Å². The van der Waals surface area contributed by atoms with Crippen molar-refractivity contribution in [3.8, 4) is 0 Å². The fourth-order valence-electron chi connectivity index (χ4n) is 2.56. The highest BCUT2D eigenvalue weighted by molar-refractivity contribution is 6.42. The van der Waals surface area contributed by atoms with Gasteiger partial charge in [-0.15, -0.1) is 0 Å². The van der Waals surface area contributed by atoms with Crippen LogP contribution in [0.25, 0.3) is 0 Å². The maximum atomic E-state index is 6.04. The molecule has 2 heterocycles. The summed E-state index contributed by atoms with van der Waals surface area (Å²) in [5.74, 6) is 1.50. The standard InChI is InChI=1S/C16H19Cl2N5/c1-2-22-7-9-23(10-8-22)16-19-6-5-15(21-16)20-12-3-4-13(17)14(18)11-12/h3-6,11H,2,7-10H2,1H3,(H,19,20,21). The molecule has 0 bridgehead atoms. The highest BCUT2D eigenvalue weighted by Crippen LogP contribution is 2.26. The number of likely N-dealkylation sites (N-methyl/N-ethyl adjacent to an activating group) is 1. The molecule has 1 aliphatic heterocycles. The molecule has 1 aromatic heterocycles. The van der Waals surface area contributed by atoms with Crippen molar-refractivity contribution in [2.24, 2.45) is 0 Å². The summed E-state index contributed by atoms with van der Waals surface area (Å²) in [5, 5.41) is 4.29. The zero-order valence-electron chi connectivity index (χ0n) is 13.0. The number of hydrogen-bond donors (Lipinski definition) is 1. The predicted molar refractivity (Wildman–Crippen MR) is 96.1 cm³/mol. The van der Waals surface area contributed by atoms with E-state index in [4.69, 9.17) is 23.2 Å². The van der Waals surface area contributed by atoms with Crippen LogP contribution in [-0.4, -0.2) is 47.6 Å². The summed E-state index contributed by atoms with van der Waals surface area (Å²) in [5.41, 5.74) is 0.847. The van der Waals surface area contributed by atoms with E-state index in [1.807, 2.05) is 12.1 Å². The van der Waals surface area contributed by atoms with Gasteiger partial charge in [0.25, 0.3) is 0 Å². The van der Waals surface area contributed by atoms with Gasteiger partial charge in [0, 0.05) is 38.1 Å². The Bertz CT molecular complexity index is 671. The lowest BCUT2D eigenvalue weighted by atomic mass is 10.3. The van der Waals surface area contributed by atoms with Gasteiger partial charge >= 0.3 is 0 Å². The Hall–Kier alpha value is -1.56. The van der Waals surface area contributed by atoms with Crippen LogP contribution in [0.3, 0.4) is 0 Å². The zero-order chi connectivity index (χ0) is 16.2. The molecule has 23 heavy (non-hydrogen) atoms. The Morgan fingerprint density at radius 2 is 1.87 bits per heavy atom. The third-order valence-corrected chi connectivity index (χ3v) is 4.68. The second kappa shape index (κ2) is 7.34. The van der Waals surface area contributed by atoms with Gasteiger partial charge in [-0.1, -0.05) is 30.1 Å². The molecule has 0 radical (unpaired) electrons. The number of nitrogens with zero attached hydrogens (tertiary/aromatic N) is 4. The van der Waals surface area contributed by atoms with Crippen molar-refractivity contribution in [1.82, 2.24) is 14.9 Å². The number of hydrogen-bond acceptors (Lipinski definition) is 5. The van der Waals surface area contributed by atoms with E-state index < -0.39 is 0 Å². The molecule has 0 unspecified atom stereocenters. The Morgan fingerprint density at radius 1 is 1.09 bits per heavy atom. The van der Waals surface area contributed by atoms with E-state index in [1.165, 1.54) is 0 Å². The first-order chi connectivity index (χ1) is 11.2. The third-order valence-electron chi connectivity index (χ3n) is 3.94. The molecule has 0 amide bonds. The minimum Gasteiger partial charge on any atom is -0.340 e. The van der Waals surface area contributed by atoms with E-state index in [9.17, 15) is 0 Å². The molecule has 122 valence electrons. The summed E-state index contributed by atoms with van der Waals surface area (Å²) in [6.45, 7) is 7.27. The number of halogens is 2. The van der Waals surface area contributed by atoms with Gasteiger partial charge in [0.1, 0.15) is 5.82 Å². The fourth-order valence-corrected chi connectivity index (χ4v) is 2.85. The average molecular weight is 352 g/mol. The quantitative estimate of drug-likeness (QED) is 0.910.